The van der Waals surface area contributed by atoms with Crippen LogP contribution in [0.15, 0.2) is 109 Å². The summed E-state index contributed by atoms with van der Waals surface area (Å²) in [4.78, 5) is 0. The van der Waals surface area contributed by atoms with Gasteiger partial charge in [-0.3, -0.25) is 0 Å². The Morgan fingerprint density at radius 3 is 1.88 bits per heavy atom. The fourth-order valence-electron chi connectivity index (χ4n) is 4.25. The van der Waals surface area contributed by atoms with Crippen LogP contribution in [0.2, 0.25) is 0 Å². The fraction of sp³-hybridized carbons (Fsp3) is 0.0400. The second-order valence-corrected chi connectivity index (χ2v) is 6.63. The summed E-state index contributed by atoms with van der Waals surface area (Å²) in [5.74, 6) is 0. The lowest BCUT2D eigenvalue weighted by Gasteiger charge is -2.36. The summed E-state index contributed by atoms with van der Waals surface area (Å²) in [7, 11) is 0. The van der Waals surface area contributed by atoms with Gasteiger partial charge in [0.05, 0.1) is 5.41 Å². The van der Waals surface area contributed by atoms with Crippen molar-refractivity contribution in [2.45, 2.75) is 5.41 Å². The summed E-state index contributed by atoms with van der Waals surface area (Å²) >= 11 is 0. The van der Waals surface area contributed by atoms with E-state index in [9.17, 15) is 0 Å². The fourth-order valence-corrected chi connectivity index (χ4v) is 4.25. The largest absolute Gasteiger partial charge is 0.0652 e. The molecule has 0 amide bonds. The predicted molar refractivity (Wildman–Crippen MR) is 104 cm³/mol. The third kappa shape index (κ3) is 2.01. The molecule has 0 heteroatoms. The Labute approximate surface area is 147 Å². The zero-order valence-corrected chi connectivity index (χ0v) is 13.9. The number of hydrogen-bond acceptors (Lipinski definition) is 0. The van der Waals surface area contributed by atoms with E-state index in [0.717, 1.165) is 0 Å². The molecule has 0 nitrogen and oxygen atoms in total. The smallest absolute Gasteiger partial charge is 0.0647 e. The molecule has 0 bridgehead atoms. The maximum Gasteiger partial charge on any atom is 0.0647 e. The van der Waals surface area contributed by atoms with Crippen LogP contribution in [-0.2, 0) is 5.41 Å². The lowest BCUT2D eigenvalue weighted by molar-refractivity contribution is 0.830. The monoisotopic (exact) mass is 318 g/mol. The second kappa shape index (κ2) is 5.46. The van der Waals surface area contributed by atoms with Crippen molar-refractivity contribution < 1.29 is 0 Å². The van der Waals surface area contributed by atoms with E-state index < -0.39 is 0 Å². The summed E-state index contributed by atoms with van der Waals surface area (Å²) in [6, 6.07) is 30.4. The van der Waals surface area contributed by atoms with E-state index in [1.54, 1.807) is 0 Å². The molecule has 0 spiro atoms. The molecule has 3 aromatic carbocycles. The van der Waals surface area contributed by atoms with E-state index in [0.29, 0.717) is 0 Å². The van der Waals surface area contributed by atoms with Crippen LogP contribution in [0.3, 0.4) is 0 Å². The van der Waals surface area contributed by atoms with Crippen LogP contribution in [-0.4, -0.2) is 0 Å². The normalized spacial score (nSPS) is 16.6. The molecule has 0 radical (unpaired) electrons. The highest BCUT2D eigenvalue weighted by atomic mass is 14.4. The van der Waals surface area contributed by atoms with E-state index in [2.05, 4.69) is 109 Å². The molecule has 2 aliphatic rings. The summed E-state index contributed by atoms with van der Waals surface area (Å²) in [5, 5.41) is 2.65. The standard InChI is InChI=1S/C25H18/c1-3-12-21(13-4-1)25(22-14-5-2-6-15-22)17-9-11-20-18-19-10-7-8-16-23(19)24(20)25/h1-18H. The predicted octanol–water partition coefficient (Wildman–Crippen LogP) is 4.11. The summed E-state index contributed by atoms with van der Waals surface area (Å²) in [5.41, 5.74) is 5.07. The van der Waals surface area contributed by atoms with Crippen LogP contribution in [0.4, 0.5) is 0 Å². The molecular weight excluding hydrogens is 300 g/mol. The zero-order valence-electron chi connectivity index (χ0n) is 13.9. The molecule has 0 saturated heterocycles. The Morgan fingerprint density at radius 1 is 0.600 bits per heavy atom. The molecule has 2 aliphatic carbocycles. The molecule has 25 heavy (non-hydrogen) atoms. The lowest BCUT2D eigenvalue weighted by Crippen LogP contribution is -2.34. The molecule has 0 N–H and O–H groups in total. The minimum atomic E-state index is -0.254. The Morgan fingerprint density at radius 2 is 1.20 bits per heavy atom. The van der Waals surface area contributed by atoms with Gasteiger partial charge in [0.2, 0.25) is 0 Å². The Balaban J connectivity index is 1.95. The van der Waals surface area contributed by atoms with Gasteiger partial charge in [0, 0.05) is 0 Å². The van der Waals surface area contributed by atoms with Gasteiger partial charge in [-0.25, -0.2) is 0 Å². The van der Waals surface area contributed by atoms with Gasteiger partial charge in [0.15, 0.2) is 0 Å². The number of benzene rings is 3. The van der Waals surface area contributed by atoms with Crippen molar-refractivity contribution in [3.05, 3.63) is 130 Å². The van der Waals surface area contributed by atoms with Crippen LogP contribution in [0.25, 0.3) is 11.6 Å². The summed E-state index contributed by atoms with van der Waals surface area (Å²) < 4.78 is 0. The number of fused-ring (bicyclic) bond motifs is 2. The van der Waals surface area contributed by atoms with Crippen LogP contribution in [0, 0.1) is 0 Å². The molecule has 0 heterocycles. The minimum Gasteiger partial charge on any atom is -0.0652 e. The first-order chi connectivity index (χ1) is 12.4. The number of rotatable bonds is 2. The third-order valence-corrected chi connectivity index (χ3v) is 5.30. The van der Waals surface area contributed by atoms with Gasteiger partial charge < -0.3 is 0 Å². The van der Waals surface area contributed by atoms with Crippen LogP contribution >= 0.6 is 0 Å². The first-order valence-electron chi connectivity index (χ1n) is 8.72. The van der Waals surface area contributed by atoms with Crippen LogP contribution in [0.5, 0.6) is 0 Å². The van der Waals surface area contributed by atoms with E-state index in [4.69, 9.17) is 0 Å². The maximum absolute atomic E-state index is 2.35. The molecular formula is C25H18. The first-order valence-corrected chi connectivity index (χ1v) is 8.72. The molecule has 0 fully saturated rings. The minimum absolute atomic E-state index is 0.254. The van der Waals surface area contributed by atoms with Gasteiger partial charge in [-0.05, 0) is 38.8 Å². The highest BCUT2D eigenvalue weighted by Crippen LogP contribution is 2.47. The summed E-state index contributed by atoms with van der Waals surface area (Å²) in [6.07, 6.45) is 9.11. The van der Waals surface area contributed by atoms with Crippen molar-refractivity contribution in [1.29, 1.82) is 0 Å². The third-order valence-electron chi connectivity index (χ3n) is 5.30. The number of hydrogen-bond donors (Lipinski definition) is 0. The quantitative estimate of drug-likeness (QED) is 0.667. The SMILES string of the molecule is C1=CC(c2ccccc2)(c2ccccc2)C2=c3ccccc3=CC2=C1. The molecule has 0 aliphatic heterocycles. The Kier molecular flexibility index (Phi) is 3.11. The molecule has 118 valence electrons. The van der Waals surface area contributed by atoms with Crippen molar-refractivity contribution in [2.24, 2.45) is 0 Å². The van der Waals surface area contributed by atoms with E-state index >= 15 is 0 Å². The Bertz CT molecular complexity index is 1070. The maximum atomic E-state index is 2.35. The summed E-state index contributed by atoms with van der Waals surface area (Å²) in [6.45, 7) is 0. The topological polar surface area (TPSA) is 0 Å². The van der Waals surface area contributed by atoms with Crippen LogP contribution < -0.4 is 10.4 Å². The molecule has 0 atom stereocenters. The Hall–Kier alpha value is -3.12. The van der Waals surface area contributed by atoms with Gasteiger partial charge in [-0.15, -0.1) is 0 Å². The van der Waals surface area contributed by atoms with E-state index in [-0.39, 0.29) is 5.41 Å². The first kappa shape index (κ1) is 14.2. The molecule has 5 rings (SSSR count). The second-order valence-electron chi connectivity index (χ2n) is 6.63. The molecule has 0 aromatic heterocycles. The van der Waals surface area contributed by atoms with Crippen molar-refractivity contribution >= 4 is 11.6 Å². The molecule has 0 saturated carbocycles. The van der Waals surface area contributed by atoms with E-state index in [1.165, 1.54) is 32.7 Å². The van der Waals surface area contributed by atoms with Crippen LogP contribution in [0.1, 0.15) is 11.1 Å². The van der Waals surface area contributed by atoms with Crippen molar-refractivity contribution in [3.8, 4) is 0 Å². The molecule has 0 unspecified atom stereocenters. The van der Waals surface area contributed by atoms with Gasteiger partial charge in [0.1, 0.15) is 0 Å². The highest BCUT2D eigenvalue weighted by Gasteiger charge is 2.39. The average Bonchev–Trinajstić information content (AvgIpc) is 3.08. The van der Waals surface area contributed by atoms with Gasteiger partial charge in [-0.2, -0.15) is 0 Å². The van der Waals surface area contributed by atoms with Crippen molar-refractivity contribution in [1.82, 2.24) is 0 Å². The van der Waals surface area contributed by atoms with Crippen molar-refractivity contribution in [3.63, 3.8) is 0 Å². The lowest BCUT2D eigenvalue weighted by atomic mass is 9.65. The van der Waals surface area contributed by atoms with Crippen molar-refractivity contribution in [2.75, 3.05) is 0 Å². The zero-order chi connectivity index (χ0) is 16.7. The van der Waals surface area contributed by atoms with Gasteiger partial charge in [0.25, 0.3) is 0 Å². The highest BCUT2D eigenvalue weighted by molar-refractivity contribution is 5.93. The van der Waals surface area contributed by atoms with Gasteiger partial charge in [-0.1, -0.05) is 103 Å². The average molecular weight is 318 g/mol. The van der Waals surface area contributed by atoms with E-state index in [1.807, 2.05) is 0 Å². The molecule has 3 aromatic rings. The number of allylic oxidation sites excluding steroid dienone is 4. The van der Waals surface area contributed by atoms with Gasteiger partial charge >= 0.3 is 0 Å².